The Balaban J connectivity index is 2.01. The molecule has 1 saturated heterocycles. The highest BCUT2D eigenvalue weighted by Crippen LogP contribution is 2.13. The second kappa shape index (κ2) is 6.02. The standard InChI is InChI=1S/C16H22N2O/c1-4-7-17-8-10-18(11-9-17)16(19)15-6-5-13(2)14(3)12-15/h4-6,12H,1,7-11H2,2-3H3. The lowest BCUT2D eigenvalue weighted by molar-refractivity contribution is 0.0650. The van der Waals surface area contributed by atoms with Gasteiger partial charge in [0.1, 0.15) is 0 Å². The molecule has 0 N–H and O–H groups in total. The van der Waals surface area contributed by atoms with Crippen molar-refractivity contribution in [1.29, 1.82) is 0 Å². The van der Waals surface area contributed by atoms with Gasteiger partial charge in [-0.25, -0.2) is 0 Å². The van der Waals surface area contributed by atoms with E-state index in [1.165, 1.54) is 11.1 Å². The summed E-state index contributed by atoms with van der Waals surface area (Å²) >= 11 is 0. The van der Waals surface area contributed by atoms with Crippen molar-refractivity contribution in [2.24, 2.45) is 0 Å². The molecule has 3 nitrogen and oxygen atoms in total. The van der Waals surface area contributed by atoms with Crippen LogP contribution in [0.15, 0.2) is 30.9 Å². The molecule has 1 aliphatic rings. The number of amides is 1. The van der Waals surface area contributed by atoms with Crippen molar-refractivity contribution in [1.82, 2.24) is 9.80 Å². The maximum Gasteiger partial charge on any atom is 0.253 e. The van der Waals surface area contributed by atoms with Crippen LogP contribution in [0.5, 0.6) is 0 Å². The van der Waals surface area contributed by atoms with E-state index in [-0.39, 0.29) is 5.91 Å². The van der Waals surface area contributed by atoms with E-state index in [1.54, 1.807) is 0 Å². The lowest BCUT2D eigenvalue weighted by Gasteiger charge is -2.34. The summed E-state index contributed by atoms with van der Waals surface area (Å²) in [5.74, 6) is 0.154. The molecule has 0 saturated carbocycles. The van der Waals surface area contributed by atoms with Crippen LogP contribution in [-0.4, -0.2) is 48.4 Å². The molecule has 3 heteroatoms. The first-order chi connectivity index (χ1) is 9.11. The van der Waals surface area contributed by atoms with Gasteiger partial charge in [-0.3, -0.25) is 9.69 Å². The molecule has 1 fully saturated rings. The van der Waals surface area contributed by atoms with Crippen molar-refractivity contribution in [2.45, 2.75) is 13.8 Å². The van der Waals surface area contributed by atoms with Gasteiger partial charge in [0, 0.05) is 38.3 Å². The summed E-state index contributed by atoms with van der Waals surface area (Å²) in [7, 11) is 0. The minimum Gasteiger partial charge on any atom is -0.336 e. The molecule has 0 aliphatic carbocycles. The number of benzene rings is 1. The number of rotatable bonds is 3. The Morgan fingerprint density at radius 2 is 1.89 bits per heavy atom. The molecule has 0 bridgehead atoms. The van der Waals surface area contributed by atoms with E-state index in [4.69, 9.17) is 0 Å². The SMILES string of the molecule is C=CCN1CCN(C(=O)c2ccc(C)c(C)c2)CC1. The van der Waals surface area contributed by atoms with Crippen LogP contribution in [0.4, 0.5) is 0 Å². The van der Waals surface area contributed by atoms with Crippen molar-refractivity contribution >= 4 is 5.91 Å². The van der Waals surface area contributed by atoms with Crippen molar-refractivity contribution in [3.63, 3.8) is 0 Å². The van der Waals surface area contributed by atoms with Crippen LogP contribution in [0.25, 0.3) is 0 Å². The molecular weight excluding hydrogens is 236 g/mol. The van der Waals surface area contributed by atoms with E-state index in [9.17, 15) is 4.79 Å². The first-order valence-corrected chi connectivity index (χ1v) is 6.81. The van der Waals surface area contributed by atoms with Gasteiger partial charge < -0.3 is 4.90 Å². The van der Waals surface area contributed by atoms with Crippen LogP contribution >= 0.6 is 0 Å². The predicted molar refractivity (Wildman–Crippen MR) is 78.5 cm³/mol. The number of hydrogen-bond donors (Lipinski definition) is 0. The van der Waals surface area contributed by atoms with E-state index < -0.39 is 0 Å². The number of carbonyl (C=O) groups excluding carboxylic acids is 1. The van der Waals surface area contributed by atoms with Crippen molar-refractivity contribution in [3.8, 4) is 0 Å². The molecule has 102 valence electrons. The molecule has 0 radical (unpaired) electrons. The number of piperazine rings is 1. The molecule has 1 aliphatic heterocycles. The van der Waals surface area contributed by atoms with Crippen molar-refractivity contribution in [3.05, 3.63) is 47.5 Å². The van der Waals surface area contributed by atoms with Crippen molar-refractivity contribution < 1.29 is 4.79 Å². The third-order valence-electron chi connectivity index (χ3n) is 3.80. The molecule has 1 heterocycles. The van der Waals surface area contributed by atoms with E-state index in [0.29, 0.717) is 0 Å². The summed E-state index contributed by atoms with van der Waals surface area (Å²) in [6.45, 7) is 12.3. The van der Waals surface area contributed by atoms with Gasteiger partial charge in [-0.15, -0.1) is 6.58 Å². The summed E-state index contributed by atoms with van der Waals surface area (Å²) < 4.78 is 0. The van der Waals surface area contributed by atoms with Gasteiger partial charge in [-0.2, -0.15) is 0 Å². The number of aryl methyl sites for hydroxylation is 2. The summed E-state index contributed by atoms with van der Waals surface area (Å²) in [6.07, 6.45) is 1.92. The molecule has 0 aromatic heterocycles. The Kier molecular flexibility index (Phi) is 4.38. The Morgan fingerprint density at radius 1 is 1.21 bits per heavy atom. The van der Waals surface area contributed by atoms with Crippen LogP contribution in [-0.2, 0) is 0 Å². The molecular formula is C16H22N2O. The fourth-order valence-corrected chi connectivity index (χ4v) is 2.37. The average molecular weight is 258 g/mol. The Hall–Kier alpha value is -1.61. The maximum atomic E-state index is 12.4. The highest BCUT2D eigenvalue weighted by Gasteiger charge is 2.21. The Bertz CT molecular complexity index is 474. The molecule has 0 atom stereocenters. The summed E-state index contributed by atoms with van der Waals surface area (Å²) in [5.41, 5.74) is 3.21. The van der Waals surface area contributed by atoms with Gasteiger partial charge in [0.25, 0.3) is 5.91 Å². The fraction of sp³-hybridized carbons (Fsp3) is 0.438. The first kappa shape index (κ1) is 13.8. The minimum atomic E-state index is 0.154. The maximum absolute atomic E-state index is 12.4. The normalized spacial score (nSPS) is 16.4. The van der Waals surface area contributed by atoms with Crippen LogP contribution in [0.1, 0.15) is 21.5 Å². The van der Waals surface area contributed by atoms with Crippen LogP contribution in [0, 0.1) is 13.8 Å². The summed E-state index contributed by atoms with van der Waals surface area (Å²) in [6, 6.07) is 5.95. The number of carbonyl (C=O) groups is 1. The van der Waals surface area contributed by atoms with Gasteiger partial charge in [0.15, 0.2) is 0 Å². The second-order valence-electron chi connectivity index (χ2n) is 5.18. The topological polar surface area (TPSA) is 23.6 Å². The van der Waals surface area contributed by atoms with E-state index in [2.05, 4.69) is 18.4 Å². The monoisotopic (exact) mass is 258 g/mol. The van der Waals surface area contributed by atoms with Crippen LogP contribution in [0.3, 0.4) is 0 Å². The Labute approximate surface area is 115 Å². The fourth-order valence-electron chi connectivity index (χ4n) is 2.37. The molecule has 0 unspecified atom stereocenters. The highest BCUT2D eigenvalue weighted by atomic mass is 16.2. The predicted octanol–water partition coefficient (Wildman–Crippen LogP) is 2.25. The second-order valence-corrected chi connectivity index (χ2v) is 5.18. The van der Waals surface area contributed by atoms with E-state index in [1.807, 2.05) is 36.1 Å². The van der Waals surface area contributed by atoms with E-state index in [0.717, 1.165) is 38.3 Å². The zero-order chi connectivity index (χ0) is 13.8. The average Bonchev–Trinajstić information content (AvgIpc) is 2.42. The van der Waals surface area contributed by atoms with Gasteiger partial charge in [0.2, 0.25) is 0 Å². The summed E-state index contributed by atoms with van der Waals surface area (Å²) in [5, 5.41) is 0. The Morgan fingerprint density at radius 3 is 2.47 bits per heavy atom. The minimum absolute atomic E-state index is 0.154. The lowest BCUT2D eigenvalue weighted by atomic mass is 10.1. The van der Waals surface area contributed by atoms with Gasteiger partial charge in [-0.05, 0) is 37.1 Å². The van der Waals surface area contributed by atoms with Crippen LogP contribution in [0.2, 0.25) is 0 Å². The van der Waals surface area contributed by atoms with Crippen LogP contribution < -0.4 is 0 Å². The molecule has 1 amide bonds. The number of hydrogen-bond acceptors (Lipinski definition) is 2. The van der Waals surface area contributed by atoms with Crippen molar-refractivity contribution in [2.75, 3.05) is 32.7 Å². The third kappa shape index (κ3) is 3.24. The zero-order valence-electron chi connectivity index (χ0n) is 11.9. The quantitative estimate of drug-likeness (QED) is 0.776. The number of nitrogens with zero attached hydrogens (tertiary/aromatic N) is 2. The first-order valence-electron chi connectivity index (χ1n) is 6.81. The third-order valence-corrected chi connectivity index (χ3v) is 3.80. The molecule has 0 spiro atoms. The highest BCUT2D eigenvalue weighted by molar-refractivity contribution is 5.94. The molecule has 1 aromatic carbocycles. The molecule has 19 heavy (non-hydrogen) atoms. The van der Waals surface area contributed by atoms with Gasteiger partial charge in [0.05, 0.1) is 0 Å². The smallest absolute Gasteiger partial charge is 0.253 e. The molecule has 2 rings (SSSR count). The lowest BCUT2D eigenvalue weighted by Crippen LogP contribution is -2.48. The van der Waals surface area contributed by atoms with Gasteiger partial charge >= 0.3 is 0 Å². The van der Waals surface area contributed by atoms with E-state index >= 15 is 0 Å². The zero-order valence-corrected chi connectivity index (χ0v) is 11.9. The largest absolute Gasteiger partial charge is 0.336 e. The summed E-state index contributed by atoms with van der Waals surface area (Å²) in [4.78, 5) is 16.7. The van der Waals surface area contributed by atoms with Gasteiger partial charge in [-0.1, -0.05) is 12.1 Å². The molecule has 1 aromatic rings.